The van der Waals surface area contributed by atoms with Crippen molar-refractivity contribution in [1.29, 1.82) is 5.26 Å². The number of rotatable bonds is 3. The number of nitrogens with zero attached hydrogens (tertiary/aromatic N) is 2. The summed E-state index contributed by atoms with van der Waals surface area (Å²) in [5.74, 6) is -2.36. The number of pyridine rings is 1. The maximum Gasteiger partial charge on any atom is 0.339 e. The number of carboxylic acids is 1. The Balaban J connectivity index is 2.45. The first-order valence-corrected chi connectivity index (χ1v) is 5.75. The molecule has 1 aromatic carbocycles. The molecule has 20 heavy (non-hydrogen) atoms. The van der Waals surface area contributed by atoms with Gasteiger partial charge in [-0.3, -0.25) is 0 Å². The number of hydrogen-bond acceptors (Lipinski definition) is 4. The van der Waals surface area contributed by atoms with E-state index in [0.717, 1.165) is 6.07 Å². The molecule has 2 N–H and O–H groups in total. The van der Waals surface area contributed by atoms with Crippen LogP contribution in [0.3, 0.4) is 0 Å². The van der Waals surface area contributed by atoms with Crippen molar-refractivity contribution in [2.24, 2.45) is 0 Å². The van der Waals surface area contributed by atoms with Gasteiger partial charge >= 0.3 is 5.97 Å². The van der Waals surface area contributed by atoms with Crippen LogP contribution in [-0.2, 0) is 0 Å². The van der Waals surface area contributed by atoms with Crippen LogP contribution in [0.4, 0.5) is 15.9 Å². The van der Waals surface area contributed by atoms with E-state index in [-0.39, 0.29) is 11.4 Å². The number of nitriles is 1. The molecule has 2 aromatic rings. The fraction of sp³-hybridized carbons (Fsp3) is 0. The number of aromatic nitrogens is 1. The Morgan fingerprint density at radius 3 is 2.85 bits per heavy atom. The van der Waals surface area contributed by atoms with Crippen LogP contribution < -0.4 is 5.32 Å². The van der Waals surface area contributed by atoms with Crippen molar-refractivity contribution in [3.05, 3.63) is 52.4 Å². The minimum Gasteiger partial charge on any atom is -0.478 e. The largest absolute Gasteiger partial charge is 0.478 e. The molecule has 0 aliphatic heterocycles. The molecule has 7 heteroatoms. The normalized spacial score (nSPS) is 9.85. The third kappa shape index (κ3) is 2.84. The van der Waals surface area contributed by atoms with Crippen LogP contribution in [-0.4, -0.2) is 16.1 Å². The van der Waals surface area contributed by atoms with E-state index in [4.69, 9.17) is 22.0 Å². The van der Waals surface area contributed by atoms with Gasteiger partial charge in [0.1, 0.15) is 11.4 Å². The lowest BCUT2D eigenvalue weighted by Crippen LogP contribution is -2.06. The number of aromatic carboxylic acids is 1. The summed E-state index contributed by atoms with van der Waals surface area (Å²) in [5, 5.41) is 20.1. The van der Waals surface area contributed by atoms with Crippen molar-refractivity contribution in [2.45, 2.75) is 0 Å². The number of halogens is 2. The molecule has 0 fully saturated rings. The van der Waals surface area contributed by atoms with E-state index in [0.29, 0.717) is 11.3 Å². The Bertz CT molecular complexity index is 728. The fourth-order valence-corrected chi connectivity index (χ4v) is 1.67. The van der Waals surface area contributed by atoms with Crippen LogP contribution in [0.1, 0.15) is 15.9 Å². The van der Waals surface area contributed by atoms with Gasteiger partial charge in [-0.1, -0.05) is 17.7 Å². The van der Waals surface area contributed by atoms with E-state index >= 15 is 0 Å². The molecule has 5 nitrogen and oxygen atoms in total. The Labute approximate surface area is 118 Å². The topological polar surface area (TPSA) is 86.0 Å². The predicted octanol–water partition coefficient (Wildman–Crippen LogP) is 3.19. The lowest BCUT2D eigenvalue weighted by Gasteiger charge is -2.09. The summed E-state index contributed by atoms with van der Waals surface area (Å²) in [6, 6.07) is 9.06. The number of nitrogens with one attached hydrogen (secondary N) is 1. The average Bonchev–Trinajstić information content (AvgIpc) is 2.42. The van der Waals surface area contributed by atoms with Crippen LogP contribution in [0.25, 0.3) is 0 Å². The van der Waals surface area contributed by atoms with Gasteiger partial charge in [0.05, 0.1) is 11.6 Å². The lowest BCUT2D eigenvalue weighted by atomic mass is 10.2. The minimum absolute atomic E-state index is 0.0982. The van der Waals surface area contributed by atoms with Crippen molar-refractivity contribution in [1.82, 2.24) is 4.98 Å². The minimum atomic E-state index is -1.34. The van der Waals surface area contributed by atoms with Gasteiger partial charge in [-0.25, -0.2) is 14.2 Å². The standard InChI is InChI=1S/C13H7ClFN3O2/c14-11-10(15)5-9(13(19)20)12(18-11)17-8-3-1-2-7(4-8)6-16/h1-5H,(H,17,18)(H,19,20). The first-order chi connectivity index (χ1) is 9.51. The van der Waals surface area contributed by atoms with E-state index in [2.05, 4.69) is 10.3 Å². The molecular formula is C13H7ClFN3O2. The highest BCUT2D eigenvalue weighted by Gasteiger charge is 2.16. The third-order valence-corrected chi connectivity index (χ3v) is 2.68. The zero-order valence-corrected chi connectivity index (χ0v) is 10.6. The van der Waals surface area contributed by atoms with Crippen LogP contribution >= 0.6 is 11.6 Å². The highest BCUT2D eigenvalue weighted by molar-refractivity contribution is 6.29. The summed E-state index contributed by atoms with van der Waals surface area (Å²) < 4.78 is 13.2. The van der Waals surface area contributed by atoms with Crippen LogP contribution in [0, 0.1) is 17.1 Å². The number of benzene rings is 1. The Morgan fingerprint density at radius 1 is 1.45 bits per heavy atom. The molecule has 0 bridgehead atoms. The second-order valence-electron chi connectivity index (χ2n) is 3.78. The van der Waals surface area contributed by atoms with Crippen molar-refractivity contribution < 1.29 is 14.3 Å². The van der Waals surface area contributed by atoms with Crippen LogP contribution in [0.5, 0.6) is 0 Å². The van der Waals surface area contributed by atoms with Gasteiger partial charge in [0.2, 0.25) is 0 Å². The van der Waals surface area contributed by atoms with Gasteiger partial charge < -0.3 is 10.4 Å². The molecular weight excluding hydrogens is 285 g/mol. The molecule has 0 radical (unpaired) electrons. The highest BCUT2D eigenvalue weighted by atomic mass is 35.5. The molecule has 0 saturated heterocycles. The summed E-state index contributed by atoms with van der Waals surface area (Å²) in [6.07, 6.45) is 0. The molecule has 0 unspecified atom stereocenters. The van der Waals surface area contributed by atoms with Crippen LogP contribution in [0.15, 0.2) is 30.3 Å². The van der Waals surface area contributed by atoms with E-state index in [1.807, 2.05) is 6.07 Å². The number of carbonyl (C=O) groups is 1. The summed E-state index contributed by atoms with van der Waals surface area (Å²) in [5.41, 5.74) is 0.482. The number of hydrogen-bond donors (Lipinski definition) is 2. The van der Waals surface area contributed by atoms with Crippen molar-refractivity contribution in [3.63, 3.8) is 0 Å². The maximum atomic E-state index is 13.2. The van der Waals surface area contributed by atoms with Crippen molar-refractivity contribution >= 4 is 29.1 Å². The lowest BCUT2D eigenvalue weighted by molar-refractivity contribution is 0.0697. The average molecular weight is 292 g/mol. The van der Waals surface area contributed by atoms with Crippen molar-refractivity contribution in [3.8, 4) is 6.07 Å². The van der Waals surface area contributed by atoms with Crippen LogP contribution in [0.2, 0.25) is 5.15 Å². The monoisotopic (exact) mass is 291 g/mol. The Kier molecular flexibility index (Phi) is 3.82. The number of anilines is 2. The molecule has 0 aliphatic carbocycles. The molecule has 0 amide bonds. The maximum absolute atomic E-state index is 13.2. The molecule has 1 aromatic heterocycles. The van der Waals surface area contributed by atoms with E-state index in [1.54, 1.807) is 18.2 Å². The van der Waals surface area contributed by atoms with Gasteiger partial charge in [-0.15, -0.1) is 0 Å². The van der Waals surface area contributed by atoms with Gasteiger partial charge in [0, 0.05) is 5.69 Å². The fourth-order valence-electron chi connectivity index (χ4n) is 1.53. The molecule has 2 rings (SSSR count). The zero-order chi connectivity index (χ0) is 14.7. The molecule has 0 aliphatic rings. The van der Waals surface area contributed by atoms with Gasteiger partial charge in [0.15, 0.2) is 11.0 Å². The number of carboxylic acid groups (broad SMARTS) is 1. The van der Waals surface area contributed by atoms with E-state index < -0.39 is 16.9 Å². The van der Waals surface area contributed by atoms with Gasteiger partial charge in [0.25, 0.3) is 0 Å². The molecule has 0 saturated carbocycles. The summed E-state index contributed by atoms with van der Waals surface area (Å²) in [6.45, 7) is 0. The zero-order valence-electron chi connectivity index (χ0n) is 9.89. The smallest absolute Gasteiger partial charge is 0.339 e. The molecule has 1 heterocycles. The van der Waals surface area contributed by atoms with Gasteiger partial charge in [-0.05, 0) is 24.3 Å². The summed E-state index contributed by atoms with van der Waals surface area (Å²) in [4.78, 5) is 14.7. The summed E-state index contributed by atoms with van der Waals surface area (Å²) in [7, 11) is 0. The summed E-state index contributed by atoms with van der Waals surface area (Å²) >= 11 is 5.54. The molecule has 100 valence electrons. The highest BCUT2D eigenvalue weighted by Crippen LogP contribution is 2.24. The second-order valence-corrected chi connectivity index (χ2v) is 4.14. The Hall–Kier alpha value is -2.65. The SMILES string of the molecule is N#Cc1cccc(Nc2nc(Cl)c(F)cc2C(=O)O)c1. The second kappa shape index (κ2) is 5.55. The third-order valence-electron chi connectivity index (χ3n) is 2.42. The Morgan fingerprint density at radius 2 is 2.20 bits per heavy atom. The quantitative estimate of drug-likeness (QED) is 0.848. The molecule has 0 atom stereocenters. The van der Waals surface area contributed by atoms with E-state index in [9.17, 15) is 9.18 Å². The first kappa shape index (κ1) is 13.8. The van der Waals surface area contributed by atoms with Crippen molar-refractivity contribution in [2.75, 3.05) is 5.32 Å². The molecule has 0 spiro atoms. The van der Waals surface area contributed by atoms with Gasteiger partial charge in [-0.2, -0.15) is 5.26 Å². The predicted molar refractivity (Wildman–Crippen MR) is 70.6 cm³/mol. The first-order valence-electron chi connectivity index (χ1n) is 5.38. The van der Waals surface area contributed by atoms with E-state index in [1.165, 1.54) is 6.07 Å².